The smallest absolute Gasteiger partial charge is 0.111 e. The second kappa shape index (κ2) is 4.25. The molecule has 0 aliphatic heterocycles. The Morgan fingerprint density at radius 1 is 0.941 bits per heavy atom. The van der Waals surface area contributed by atoms with Crippen molar-refractivity contribution in [2.45, 2.75) is 13.8 Å². The minimum absolute atomic E-state index is 0.237. The van der Waals surface area contributed by atoms with E-state index in [1.54, 1.807) is 13.8 Å². The van der Waals surface area contributed by atoms with Gasteiger partial charge in [-0.2, -0.15) is 0 Å². The summed E-state index contributed by atoms with van der Waals surface area (Å²) in [5, 5.41) is 0. The lowest BCUT2D eigenvalue weighted by Crippen LogP contribution is -2.09. The first-order chi connectivity index (χ1) is 7.82. The van der Waals surface area contributed by atoms with Gasteiger partial charge in [0, 0.05) is 11.3 Å². The first-order valence-electron chi connectivity index (χ1n) is 4.98. The Hall–Kier alpha value is -2.37. The standard InChI is InChI=1S/C11H18N6/c1-4(5(2)12)6-7(13)9(15)10(16)11(17-3)8(6)14/h3,12-16H2,1-2H3/b5-4-. The van der Waals surface area contributed by atoms with Crippen LogP contribution in [0.15, 0.2) is 10.7 Å². The predicted octanol–water partition coefficient (Wildman–Crippen LogP) is 1.06. The van der Waals surface area contributed by atoms with Crippen LogP contribution in [0.4, 0.5) is 28.4 Å². The van der Waals surface area contributed by atoms with Gasteiger partial charge in [-0.25, -0.2) is 0 Å². The number of aliphatic imine (C=N–C) groups is 1. The molecule has 0 aliphatic carbocycles. The average molecular weight is 234 g/mol. The Morgan fingerprint density at radius 3 is 1.88 bits per heavy atom. The minimum atomic E-state index is 0.237. The van der Waals surface area contributed by atoms with E-state index < -0.39 is 0 Å². The maximum atomic E-state index is 5.96. The number of nitrogens with two attached hydrogens (primary N) is 5. The van der Waals surface area contributed by atoms with Crippen molar-refractivity contribution in [1.82, 2.24) is 0 Å². The molecule has 0 bridgehead atoms. The van der Waals surface area contributed by atoms with Crippen LogP contribution in [-0.4, -0.2) is 6.72 Å². The van der Waals surface area contributed by atoms with Gasteiger partial charge in [-0.15, -0.1) is 0 Å². The molecule has 0 radical (unpaired) electrons. The quantitative estimate of drug-likeness (QED) is 0.384. The largest absolute Gasteiger partial charge is 0.402 e. The summed E-state index contributed by atoms with van der Waals surface area (Å²) in [6, 6.07) is 0. The van der Waals surface area contributed by atoms with E-state index in [0.29, 0.717) is 28.3 Å². The van der Waals surface area contributed by atoms with Crippen molar-refractivity contribution in [2.75, 3.05) is 22.9 Å². The Kier molecular flexibility index (Phi) is 3.17. The highest BCUT2D eigenvalue weighted by molar-refractivity contribution is 6.02. The summed E-state index contributed by atoms with van der Waals surface area (Å²) < 4.78 is 0. The van der Waals surface area contributed by atoms with E-state index in [9.17, 15) is 0 Å². The van der Waals surface area contributed by atoms with Crippen LogP contribution in [0, 0.1) is 0 Å². The molecule has 0 saturated heterocycles. The number of anilines is 4. The summed E-state index contributed by atoms with van der Waals surface area (Å²) >= 11 is 0. The first-order valence-corrected chi connectivity index (χ1v) is 4.98. The molecule has 0 aliphatic rings. The van der Waals surface area contributed by atoms with Gasteiger partial charge < -0.3 is 28.7 Å². The van der Waals surface area contributed by atoms with Crippen molar-refractivity contribution >= 4 is 40.7 Å². The Bertz CT molecular complexity index is 511. The van der Waals surface area contributed by atoms with Gasteiger partial charge in [0.15, 0.2) is 0 Å². The molecular weight excluding hydrogens is 216 g/mol. The fourth-order valence-corrected chi connectivity index (χ4v) is 1.59. The maximum Gasteiger partial charge on any atom is 0.111 e. The van der Waals surface area contributed by atoms with Crippen molar-refractivity contribution in [1.29, 1.82) is 0 Å². The molecule has 0 aromatic heterocycles. The van der Waals surface area contributed by atoms with Crippen LogP contribution >= 0.6 is 0 Å². The lowest BCUT2D eigenvalue weighted by atomic mass is 9.98. The maximum absolute atomic E-state index is 5.96. The van der Waals surface area contributed by atoms with Crippen LogP contribution in [0.2, 0.25) is 0 Å². The molecule has 0 unspecified atom stereocenters. The van der Waals surface area contributed by atoms with Crippen LogP contribution < -0.4 is 28.7 Å². The van der Waals surface area contributed by atoms with E-state index in [-0.39, 0.29) is 11.4 Å². The molecule has 0 atom stereocenters. The van der Waals surface area contributed by atoms with Crippen LogP contribution in [0.1, 0.15) is 19.4 Å². The van der Waals surface area contributed by atoms with E-state index in [2.05, 4.69) is 11.7 Å². The van der Waals surface area contributed by atoms with E-state index in [0.717, 1.165) is 5.57 Å². The summed E-state index contributed by atoms with van der Waals surface area (Å²) in [6.45, 7) is 6.97. The molecule has 0 saturated carbocycles. The van der Waals surface area contributed by atoms with Gasteiger partial charge >= 0.3 is 0 Å². The highest BCUT2D eigenvalue weighted by Gasteiger charge is 2.18. The van der Waals surface area contributed by atoms with Crippen LogP contribution in [0.25, 0.3) is 5.57 Å². The number of allylic oxidation sites excluding steroid dienone is 2. The summed E-state index contributed by atoms with van der Waals surface area (Å²) in [6.07, 6.45) is 0. The molecule has 6 heteroatoms. The number of hydrogen-bond acceptors (Lipinski definition) is 6. The summed E-state index contributed by atoms with van der Waals surface area (Å²) in [7, 11) is 0. The molecule has 1 rings (SSSR count). The third-order valence-corrected chi connectivity index (χ3v) is 2.75. The number of benzene rings is 1. The summed E-state index contributed by atoms with van der Waals surface area (Å²) in [5.41, 5.74) is 32.6. The van der Waals surface area contributed by atoms with Crippen molar-refractivity contribution in [3.8, 4) is 0 Å². The van der Waals surface area contributed by atoms with Crippen molar-refractivity contribution in [3.05, 3.63) is 11.3 Å². The molecule has 17 heavy (non-hydrogen) atoms. The fourth-order valence-electron chi connectivity index (χ4n) is 1.59. The van der Waals surface area contributed by atoms with Gasteiger partial charge in [0.1, 0.15) is 5.69 Å². The highest BCUT2D eigenvalue weighted by Crippen LogP contribution is 2.44. The van der Waals surface area contributed by atoms with Gasteiger partial charge in [0.2, 0.25) is 0 Å². The summed E-state index contributed by atoms with van der Waals surface area (Å²) in [4.78, 5) is 3.78. The average Bonchev–Trinajstić information content (AvgIpc) is 2.27. The lowest BCUT2D eigenvalue weighted by Gasteiger charge is -2.17. The number of nitrogens with zero attached hydrogens (tertiary/aromatic N) is 1. The van der Waals surface area contributed by atoms with Crippen molar-refractivity contribution in [2.24, 2.45) is 10.7 Å². The van der Waals surface area contributed by atoms with E-state index in [4.69, 9.17) is 28.7 Å². The monoisotopic (exact) mass is 234 g/mol. The highest BCUT2D eigenvalue weighted by atomic mass is 14.9. The predicted molar refractivity (Wildman–Crippen MR) is 75.8 cm³/mol. The zero-order valence-electron chi connectivity index (χ0n) is 10.0. The second-order valence-electron chi connectivity index (χ2n) is 3.84. The molecule has 6 nitrogen and oxygen atoms in total. The normalized spacial score (nSPS) is 12.1. The number of rotatable bonds is 2. The second-order valence-corrected chi connectivity index (χ2v) is 3.84. The molecule has 0 fully saturated rings. The SMILES string of the molecule is C=Nc1c(N)c(N)c(N)c(/C(C)=C(/C)N)c1N. The van der Waals surface area contributed by atoms with Crippen LogP contribution in [-0.2, 0) is 0 Å². The zero-order chi connectivity index (χ0) is 13.3. The van der Waals surface area contributed by atoms with E-state index in [1.165, 1.54) is 0 Å². The Labute approximate surface area is 100 Å². The minimum Gasteiger partial charge on any atom is -0.402 e. The molecule has 0 amide bonds. The van der Waals surface area contributed by atoms with Crippen LogP contribution in [0.5, 0.6) is 0 Å². The van der Waals surface area contributed by atoms with Crippen LogP contribution in [0.3, 0.4) is 0 Å². The van der Waals surface area contributed by atoms with E-state index >= 15 is 0 Å². The zero-order valence-corrected chi connectivity index (χ0v) is 10.0. The molecular formula is C11H18N6. The molecule has 0 spiro atoms. The topological polar surface area (TPSA) is 142 Å². The van der Waals surface area contributed by atoms with Gasteiger partial charge in [-0.3, -0.25) is 4.99 Å². The number of nitrogen functional groups attached to an aromatic ring is 4. The van der Waals surface area contributed by atoms with Crippen molar-refractivity contribution in [3.63, 3.8) is 0 Å². The number of hydrogen-bond donors (Lipinski definition) is 5. The molecule has 0 heterocycles. The third-order valence-electron chi connectivity index (χ3n) is 2.75. The summed E-state index contributed by atoms with van der Waals surface area (Å²) in [5.74, 6) is 0. The van der Waals surface area contributed by atoms with Gasteiger partial charge in [0.25, 0.3) is 0 Å². The van der Waals surface area contributed by atoms with Crippen molar-refractivity contribution < 1.29 is 0 Å². The Morgan fingerprint density at radius 2 is 1.47 bits per heavy atom. The Balaban J connectivity index is 3.80. The first kappa shape index (κ1) is 12.7. The fraction of sp³-hybridized carbons (Fsp3) is 0.182. The molecule has 92 valence electrons. The molecule has 1 aromatic carbocycles. The van der Waals surface area contributed by atoms with Gasteiger partial charge in [-0.05, 0) is 26.1 Å². The van der Waals surface area contributed by atoms with Gasteiger partial charge in [0.05, 0.1) is 22.7 Å². The lowest BCUT2D eigenvalue weighted by molar-refractivity contribution is 1.30. The third kappa shape index (κ3) is 1.84. The molecule has 10 N–H and O–H groups in total. The molecule has 1 aromatic rings. The van der Waals surface area contributed by atoms with Gasteiger partial charge in [-0.1, -0.05) is 0 Å². The van der Waals surface area contributed by atoms with E-state index in [1.807, 2.05) is 0 Å².